The van der Waals surface area contributed by atoms with Crippen LogP contribution in [-0.2, 0) is 16.6 Å². The molecule has 1 aromatic heterocycles. The third-order valence-electron chi connectivity index (χ3n) is 3.40. The SMILES string of the molecule is CCNCc1c(C)oc(C)c1S(=O)(=O)NCCCC(C)C. The standard InChI is InChI=1S/C15H28N2O3S/c1-6-16-10-14-12(4)20-13(5)15(14)21(18,19)17-9-7-8-11(2)3/h11,16-17H,6-10H2,1-5H3. The molecule has 1 aromatic rings. The summed E-state index contributed by atoms with van der Waals surface area (Å²) in [5.41, 5.74) is 0.728. The van der Waals surface area contributed by atoms with Crippen molar-refractivity contribution in [1.29, 1.82) is 0 Å². The van der Waals surface area contributed by atoms with E-state index in [1.165, 1.54) is 0 Å². The molecule has 0 saturated heterocycles. The van der Waals surface area contributed by atoms with E-state index in [4.69, 9.17) is 4.42 Å². The van der Waals surface area contributed by atoms with Crippen molar-refractivity contribution in [2.45, 2.75) is 58.9 Å². The molecule has 1 heterocycles. The Hall–Kier alpha value is -0.850. The highest BCUT2D eigenvalue weighted by atomic mass is 32.2. The molecule has 6 heteroatoms. The van der Waals surface area contributed by atoms with Crippen LogP contribution in [0, 0.1) is 19.8 Å². The van der Waals surface area contributed by atoms with Crippen molar-refractivity contribution in [1.82, 2.24) is 10.0 Å². The summed E-state index contributed by atoms with van der Waals surface area (Å²) in [6, 6.07) is 0. The van der Waals surface area contributed by atoms with Gasteiger partial charge in [-0.2, -0.15) is 0 Å². The van der Waals surface area contributed by atoms with E-state index >= 15 is 0 Å². The fraction of sp³-hybridized carbons (Fsp3) is 0.733. The van der Waals surface area contributed by atoms with Gasteiger partial charge in [0.1, 0.15) is 16.4 Å². The third kappa shape index (κ3) is 5.13. The normalized spacial score (nSPS) is 12.3. The van der Waals surface area contributed by atoms with Crippen molar-refractivity contribution in [2.24, 2.45) is 5.92 Å². The number of furan rings is 1. The molecule has 0 aromatic carbocycles. The molecule has 0 atom stereocenters. The summed E-state index contributed by atoms with van der Waals surface area (Å²) in [5.74, 6) is 1.70. The number of hydrogen-bond acceptors (Lipinski definition) is 4. The van der Waals surface area contributed by atoms with Crippen molar-refractivity contribution in [2.75, 3.05) is 13.1 Å². The fourth-order valence-corrected chi connectivity index (χ4v) is 3.82. The van der Waals surface area contributed by atoms with E-state index < -0.39 is 10.0 Å². The first-order valence-electron chi connectivity index (χ1n) is 7.58. The highest BCUT2D eigenvalue weighted by molar-refractivity contribution is 7.89. The molecule has 2 N–H and O–H groups in total. The highest BCUT2D eigenvalue weighted by Gasteiger charge is 2.26. The lowest BCUT2D eigenvalue weighted by Crippen LogP contribution is -2.27. The molecule has 0 aliphatic carbocycles. The van der Waals surface area contributed by atoms with E-state index in [9.17, 15) is 8.42 Å². The second-order valence-corrected chi connectivity index (χ2v) is 7.44. The molecular weight excluding hydrogens is 288 g/mol. The van der Waals surface area contributed by atoms with E-state index in [1.54, 1.807) is 13.8 Å². The maximum Gasteiger partial charge on any atom is 0.244 e. The Kier molecular flexibility index (Phi) is 6.90. The van der Waals surface area contributed by atoms with Crippen LogP contribution in [0.2, 0.25) is 0 Å². The Morgan fingerprint density at radius 3 is 2.43 bits per heavy atom. The lowest BCUT2D eigenvalue weighted by atomic mass is 10.1. The van der Waals surface area contributed by atoms with Crippen molar-refractivity contribution < 1.29 is 12.8 Å². The lowest BCUT2D eigenvalue weighted by molar-refractivity contribution is 0.492. The average molecular weight is 316 g/mol. The summed E-state index contributed by atoms with van der Waals surface area (Å²) >= 11 is 0. The molecule has 0 unspecified atom stereocenters. The Balaban J connectivity index is 2.86. The first-order chi connectivity index (χ1) is 9.79. The Morgan fingerprint density at radius 1 is 1.19 bits per heavy atom. The Bertz CT molecular complexity index is 548. The minimum atomic E-state index is -3.51. The van der Waals surface area contributed by atoms with E-state index in [-0.39, 0.29) is 0 Å². The Morgan fingerprint density at radius 2 is 1.86 bits per heavy atom. The molecule has 1 rings (SSSR count). The maximum atomic E-state index is 12.5. The summed E-state index contributed by atoms with van der Waals surface area (Å²) in [6.45, 7) is 11.5. The number of aryl methyl sites for hydroxylation is 2. The monoisotopic (exact) mass is 316 g/mol. The zero-order valence-corrected chi connectivity index (χ0v) is 14.6. The predicted octanol–water partition coefficient (Wildman–Crippen LogP) is 2.72. The van der Waals surface area contributed by atoms with E-state index in [0.29, 0.717) is 35.4 Å². The molecular formula is C15H28N2O3S. The van der Waals surface area contributed by atoms with Gasteiger partial charge in [-0.05, 0) is 39.2 Å². The zero-order chi connectivity index (χ0) is 16.0. The molecule has 0 amide bonds. The highest BCUT2D eigenvalue weighted by Crippen LogP contribution is 2.26. The van der Waals surface area contributed by atoms with Gasteiger partial charge in [0.25, 0.3) is 0 Å². The zero-order valence-electron chi connectivity index (χ0n) is 13.7. The van der Waals surface area contributed by atoms with Crippen molar-refractivity contribution in [3.05, 3.63) is 17.1 Å². The van der Waals surface area contributed by atoms with Crippen molar-refractivity contribution in [3.63, 3.8) is 0 Å². The van der Waals surface area contributed by atoms with Gasteiger partial charge in [0.2, 0.25) is 10.0 Å². The smallest absolute Gasteiger partial charge is 0.244 e. The van der Waals surface area contributed by atoms with Gasteiger partial charge >= 0.3 is 0 Å². The van der Waals surface area contributed by atoms with Crippen LogP contribution in [0.4, 0.5) is 0 Å². The largest absolute Gasteiger partial charge is 0.465 e. The fourth-order valence-electron chi connectivity index (χ4n) is 2.31. The second-order valence-electron chi connectivity index (χ2n) is 5.74. The van der Waals surface area contributed by atoms with Gasteiger partial charge in [0.05, 0.1) is 0 Å². The Labute approximate surface area is 128 Å². The van der Waals surface area contributed by atoms with Crippen LogP contribution in [0.5, 0.6) is 0 Å². The van der Waals surface area contributed by atoms with Crippen LogP contribution in [0.25, 0.3) is 0 Å². The maximum absolute atomic E-state index is 12.5. The summed E-state index contributed by atoms with van der Waals surface area (Å²) in [5, 5.41) is 3.16. The molecule has 0 spiro atoms. The summed E-state index contributed by atoms with van der Waals surface area (Å²) in [6.07, 6.45) is 1.85. The van der Waals surface area contributed by atoms with Crippen LogP contribution in [-0.4, -0.2) is 21.5 Å². The van der Waals surface area contributed by atoms with Gasteiger partial charge in [-0.15, -0.1) is 0 Å². The van der Waals surface area contributed by atoms with Gasteiger partial charge in [-0.25, -0.2) is 13.1 Å². The summed E-state index contributed by atoms with van der Waals surface area (Å²) in [7, 11) is -3.51. The van der Waals surface area contributed by atoms with Gasteiger partial charge in [0, 0.05) is 18.7 Å². The third-order valence-corrected chi connectivity index (χ3v) is 5.05. The molecule has 0 radical (unpaired) electrons. The molecule has 0 aliphatic heterocycles. The number of nitrogens with one attached hydrogen (secondary N) is 2. The first-order valence-corrected chi connectivity index (χ1v) is 9.07. The molecule has 122 valence electrons. The van der Waals surface area contributed by atoms with Crippen molar-refractivity contribution in [3.8, 4) is 0 Å². The number of hydrogen-bond donors (Lipinski definition) is 2. The lowest BCUT2D eigenvalue weighted by Gasteiger charge is -2.10. The molecule has 0 bridgehead atoms. The van der Waals surface area contributed by atoms with Gasteiger partial charge in [0.15, 0.2) is 0 Å². The van der Waals surface area contributed by atoms with Crippen LogP contribution in [0.3, 0.4) is 0 Å². The van der Waals surface area contributed by atoms with Crippen LogP contribution in [0.1, 0.15) is 50.7 Å². The molecule has 0 saturated carbocycles. The van der Waals surface area contributed by atoms with Gasteiger partial charge in [-0.3, -0.25) is 0 Å². The molecule has 0 fully saturated rings. The average Bonchev–Trinajstić information content (AvgIpc) is 2.67. The minimum Gasteiger partial charge on any atom is -0.465 e. The van der Waals surface area contributed by atoms with Crippen LogP contribution in [0.15, 0.2) is 9.31 Å². The summed E-state index contributed by atoms with van der Waals surface area (Å²) < 4.78 is 33.2. The predicted molar refractivity (Wildman–Crippen MR) is 84.8 cm³/mol. The quantitative estimate of drug-likeness (QED) is 0.687. The minimum absolute atomic E-state index is 0.297. The molecule has 21 heavy (non-hydrogen) atoms. The van der Waals surface area contributed by atoms with E-state index in [2.05, 4.69) is 23.9 Å². The van der Waals surface area contributed by atoms with E-state index in [1.807, 2.05) is 6.92 Å². The van der Waals surface area contributed by atoms with Crippen molar-refractivity contribution >= 4 is 10.0 Å². The first kappa shape index (κ1) is 18.2. The van der Waals surface area contributed by atoms with Crippen LogP contribution >= 0.6 is 0 Å². The summed E-state index contributed by atoms with van der Waals surface area (Å²) in [4.78, 5) is 0.297. The van der Waals surface area contributed by atoms with Gasteiger partial charge in [-0.1, -0.05) is 20.8 Å². The number of sulfonamides is 1. The van der Waals surface area contributed by atoms with Gasteiger partial charge < -0.3 is 9.73 Å². The topological polar surface area (TPSA) is 71.3 Å². The van der Waals surface area contributed by atoms with E-state index in [0.717, 1.165) is 24.9 Å². The molecule has 5 nitrogen and oxygen atoms in total. The molecule has 0 aliphatic rings. The number of rotatable bonds is 9. The van der Waals surface area contributed by atoms with Crippen LogP contribution < -0.4 is 10.0 Å². The second kappa shape index (κ2) is 7.96.